The van der Waals surface area contributed by atoms with Crippen molar-refractivity contribution in [3.05, 3.63) is 12.2 Å². The molecule has 6 nitrogen and oxygen atoms in total. The quantitative estimate of drug-likeness (QED) is 0.0261. The van der Waals surface area contributed by atoms with Gasteiger partial charge in [-0.15, -0.1) is 0 Å². The Morgan fingerprint density at radius 1 is 0.250 bits per heavy atom. The van der Waals surface area contributed by atoms with Crippen molar-refractivity contribution >= 4 is 17.9 Å². The summed E-state index contributed by atoms with van der Waals surface area (Å²) in [4.78, 5) is 38.3. The molecule has 1 atom stereocenters. The summed E-state index contributed by atoms with van der Waals surface area (Å²) in [7, 11) is 0. The van der Waals surface area contributed by atoms with Crippen LogP contribution in [0.4, 0.5) is 0 Å². The first-order valence-electron chi connectivity index (χ1n) is 34.7. The molecule has 0 aliphatic heterocycles. The maximum Gasteiger partial charge on any atom is 0.306 e. The third-order valence-corrected chi connectivity index (χ3v) is 16.0. The van der Waals surface area contributed by atoms with Crippen LogP contribution >= 0.6 is 0 Å². The number of hydrogen-bond donors (Lipinski definition) is 0. The van der Waals surface area contributed by atoms with Gasteiger partial charge in [-0.1, -0.05) is 348 Å². The van der Waals surface area contributed by atoms with Gasteiger partial charge in [0.15, 0.2) is 6.10 Å². The van der Waals surface area contributed by atoms with Crippen molar-refractivity contribution < 1.29 is 28.6 Å². The molecule has 0 saturated heterocycles. The minimum atomic E-state index is -0.765. The van der Waals surface area contributed by atoms with Crippen LogP contribution in [0.5, 0.6) is 0 Å². The minimum absolute atomic E-state index is 0.0629. The Morgan fingerprint density at radius 2 is 0.434 bits per heavy atom. The maximum absolute atomic E-state index is 12.9. The lowest BCUT2D eigenvalue weighted by atomic mass is 10.0. The molecule has 0 N–H and O–H groups in total. The molecule has 76 heavy (non-hydrogen) atoms. The number of ether oxygens (including phenoxy) is 3. The van der Waals surface area contributed by atoms with E-state index in [1.807, 2.05) is 0 Å². The van der Waals surface area contributed by atoms with Gasteiger partial charge in [0, 0.05) is 19.3 Å². The van der Waals surface area contributed by atoms with Gasteiger partial charge in [-0.05, 0) is 44.9 Å². The van der Waals surface area contributed by atoms with Crippen LogP contribution in [0.1, 0.15) is 400 Å². The van der Waals surface area contributed by atoms with E-state index in [4.69, 9.17) is 14.2 Å². The van der Waals surface area contributed by atoms with Gasteiger partial charge in [0.2, 0.25) is 0 Å². The monoisotopic (exact) mass is 1070 g/mol. The largest absolute Gasteiger partial charge is 0.462 e. The van der Waals surface area contributed by atoms with Crippen LogP contribution < -0.4 is 0 Å². The summed E-state index contributed by atoms with van der Waals surface area (Å²) in [6, 6.07) is 0. The van der Waals surface area contributed by atoms with E-state index < -0.39 is 6.10 Å². The van der Waals surface area contributed by atoms with E-state index >= 15 is 0 Å². The number of hydrogen-bond acceptors (Lipinski definition) is 6. The van der Waals surface area contributed by atoms with Gasteiger partial charge in [-0.25, -0.2) is 0 Å². The molecule has 0 fully saturated rings. The van der Waals surface area contributed by atoms with Gasteiger partial charge in [-0.2, -0.15) is 0 Å². The fourth-order valence-corrected chi connectivity index (χ4v) is 10.8. The van der Waals surface area contributed by atoms with Gasteiger partial charge in [0.05, 0.1) is 0 Å². The van der Waals surface area contributed by atoms with Crippen molar-refractivity contribution in [1.29, 1.82) is 0 Å². The van der Waals surface area contributed by atoms with Gasteiger partial charge < -0.3 is 14.2 Å². The van der Waals surface area contributed by atoms with E-state index in [1.54, 1.807) is 0 Å². The van der Waals surface area contributed by atoms with Crippen molar-refractivity contribution in [1.82, 2.24) is 0 Å². The molecule has 0 radical (unpaired) electrons. The zero-order chi connectivity index (χ0) is 55.0. The molecule has 0 aliphatic rings. The van der Waals surface area contributed by atoms with Gasteiger partial charge in [0.25, 0.3) is 0 Å². The van der Waals surface area contributed by atoms with Crippen LogP contribution in [0, 0.1) is 0 Å². The molecular formula is C70H134O6. The molecule has 0 aromatic rings. The van der Waals surface area contributed by atoms with Crippen molar-refractivity contribution in [2.45, 2.75) is 406 Å². The Bertz CT molecular complexity index is 1180. The Kier molecular flexibility index (Phi) is 64.1. The first kappa shape index (κ1) is 74.2. The van der Waals surface area contributed by atoms with Crippen LogP contribution in [0.15, 0.2) is 12.2 Å². The molecule has 0 aliphatic carbocycles. The van der Waals surface area contributed by atoms with E-state index in [0.29, 0.717) is 19.3 Å². The molecule has 6 heteroatoms. The van der Waals surface area contributed by atoms with E-state index in [-0.39, 0.29) is 31.1 Å². The third kappa shape index (κ3) is 63.0. The first-order valence-corrected chi connectivity index (χ1v) is 34.7. The van der Waals surface area contributed by atoms with Gasteiger partial charge >= 0.3 is 17.9 Å². The van der Waals surface area contributed by atoms with E-state index in [1.165, 1.54) is 302 Å². The molecule has 450 valence electrons. The third-order valence-electron chi connectivity index (χ3n) is 16.0. The lowest BCUT2D eigenvalue weighted by Gasteiger charge is -2.18. The van der Waals surface area contributed by atoms with Crippen molar-refractivity contribution in [3.63, 3.8) is 0 Å². The highest BCUT2D eigenvalue weighted by Crippen LogP contribution is 2.19. The molecule has 1 unspecified atom stereocenters. The zero-order valence-electron chi connectivity index (χ0n) is 51.8. The summed E-state index contributed by atoms with van der Waals surface area (Å²) >= 11 is 0. The summed E-state index contributed by atoms with van der Waals surface area (Å²) in [5, 5.41) is 0. The second kappa shape index (κ2) is 65.7. The molecule has 0 aromatic carbocycles. The fourth-order valence-electron chi connectivity index (χ4n) is 10.8. The number of unbranched alkanes of at least 4 members (excludes halogenated alkanes) is 52. The molecule has 0 rings (SSSR count). The summed E-state index contributed by atoms with van der Waals surface area (Å²) in [5.74, 6) is -0.830. The molecular weight excluding hydrogens is 937 g/mol. The van der Waals surface area contributed by atoms with Gasteiger partial charge in [-0.3, -0.25) is 14.4 Å². The summed E-state index contributed by atoms with van der Waals surface area (Å²) in [6.45, 7) is 6.72. The number of carbonyl (C=O) groups excluding carboxylic acids is 3. The highest BCUT2D eigenvalue weighted by atomic mass is 16.6. The lowest BCUT2D eigenvalue weighted by Crippen LogP contribution is -2.30. The topological polar surface area (TPSA) is 78.9 Å². The highest BCUT2D eigenvalue weighted by Gasteiger charge is 2.19. The Balaban J connectivity index is 4.17. The normalized spacial score (nSPS) is 12.0. The number of carbonyl (C=O) groups is 3. The molecule has 0 saturated carbocycles. The second-order valence-electron chi connectivity index (χ2n) is 23.8. The van der Waals surface area contributed by atoms with Gasteiger partial charge in [0.1, 0.15) is 13.2 Å². The summed E-state index contributed by atoms with van der Waals surface area (Å²) < 4.78 is 17.0. The van der Waals surface area contributed by atoms with E-state index in [0.717, 1.165) is 57.8 Å². The van der Waals surface area contributed by atoms with E-state index in [2.05, 4.69) is 32.9 Å². The molecule has 0 bridgehead atoms. The van der Waals surface area contributed by atoms with Crippen LogP contribution in [0.3, 0.4) is 0 Å². The SMILES string of the molecule is CCCCCCCCCC/C=C\CCCCCCCCCCCCCCCC(=O)OCC(COC(=O)CCCCCCCCCCCCC)OC(=O)CCCCCCCCCCCCCCCCCCCCCCCC. The molecule has 0 aromatic heterocycles. The summed E-state index contributed by atoms with van der Waals surface area (Å²) in [5.41, 5.74) is 0. The Labute approximate surface area is 475 Å². The smallest absolute Gasteiger partial charge is 0.306 e. The minimum Gasteiger partial charge on any atom is -0.462 e. The van der Waals surface area contributed by atoms with Crippen molar-refractivity contribution in [2.75, 3.05) is 13.2 Å². The van der Waals surface area contributed by atoms with E-state index in [9.17, 15) is 14.4 Å². The van der Waals surface area contributed by atoms with Crippen molar-refractivity contribution in [2.24, 2.45) is 0 Å². The Hall–Kier alpha value is -1.85. The second-order valence-corrected chi connectivity index (χ2v) is 23.8. The Morgan fingerprint density at radius 3 is 0.658 bits per heavy atom. The first-order chi connectivity index (χ1) is 37.5. The molecule has 0 amide bonds. The molecule has 0 heterocycles. The zero-order valence-corrected chi connectivity index (χ0v) is 51.8. The predicted molar refractivity (Wildman–Crippen MR) is 330 cm³/mol. The van der Waals surface area contributed by atoms with Crippen molar-refractivity contribution in [3.8, 4) is 0 Å². The maximum atomic E-state index is 12.9. The standard InChI is InChI=1S/C70H134O6/c1-4-7-10-13-16-19-22-24-26-28-30-32-34-35-36-38-39-41-43-45-48-51-54-57-60-63-69(72)75-66-67(65-74-68(71)62-59-56-53-50-47-21-18-15-12-9-6-3)76-70(73)64-61-58-55-52-49-46-44-42-40-37-33-31-29-27-25-23-20-17-14-11-8-5-2/h28,30,67H,4-27,29,31-66H2,1-3H3/b30-28-. The van der Waals surface area contributed by atoms with Crippen LogP contribution in [-0.2, 0) is 28.6 Å². The average Bonchev–Trinajstić information content (AvgIpc) is 3.42. The number of rotatable bonds is 65. The lowest BCUT2D eigenvalue weighted by molar-refractivity contribution is -0.167. The highest BCUT2D eigenvalue weighted by molar-refractivity contribution is 5.71. The van der Waals surface area contributed by atoms with Crippen LogP contribution in [-0.4, -0.2) is 37.2 Å². The fraction of sp³-hybridized carbons (Fsp3) is 0.929. The van der Waals surface area contributed by atoms with Crippen LogP contribution in [0.2, 0.25) is 0 Å². The summed E-state index contributed by atoms with van der Waals surface area (Å²) in [6.07, 6.45) is 78.1. The number of esters is 3. The predicted octanol–water partition coefficient (Wildman–Crippen LogP) is 23.6. The number of allylic oxidation sites excluding steroid dienone is 2. The van der Waals surface area contributed by atoms with Crippen LogP contribution in [0.25, 0.3) is 0 Å². The average molecular weight is 1070 g/mol. The molecule has 0 spiro atoms.